The first-order valence-corrected chi connectivity index (χ1v) is 10.8. The Bertz CT molecular complexity index is 1360. The number of esters is 2. The zero-order valence-electron chi connectivity index (χ0n) is 19.8. The van der Waals surface area contributed by atoms with E-state index in [0.29, 0.717) is 11.3 Å². The van der Waals surface area contributed by atoms with Crippen molar-refractivity contribution in [2.24, 2.45) is 0 Å². The van der Waals surface area contributed by atoms with E-state index in [2.05, 4.69) is 17.9 Å². The molecule has 0 atom stereocenters. The van der Waals surface area contributed by atoms with Crippen LogP contribution < -0.4 is 9.47 Å². The molecule has 0 amide bonds. The quantitative estimate of drug-likeness (QED) is 0.171. The number of halogens is 2. The number of carbonyl (C=O) groups excluding carboxylic acids is 2. The van der Waals surface area contributed by atoms with Gasteiger partial charge in [-0.15, -0.1) is 0 Å². The average molecular weight is 504 g/mol. The highest BCUT2D eigenvalue weighted by molar-refractivity contribution is 5.87. The third kappa shape index (κ3) is 7.25. The summed E-state index contributed by atoms with van der Waals surface area (Å²) in [4.78, 5) is 22.3. The van der Waals surface area contributed by atoms with Crippen LogP contribution >= 0.6 is 0 Å². The van der Waals surface area contributed by atoms with Crippen molar-refractivity contribution in [1.29, 1.82) is 0 Å². The number of carbonyl (C=O) groups is 2. The monoisotopic (exact) mass is 504 g/mol. The number of hydrogen-bond donors (Lipinski definition) is 0. The molecule has 0 bridgehead atoms. The van der Waals surface area contributed by atoms with Crippen LogP contribution in [0.4, 0.5) is 8.78 Å². The van der Waals surface area contributed by atoms with Crippen LogP contribution in [-0.2, 0) is 19.1 Å². The number of hydrogen-bond acceptors (Lipinski definition) is 6. The summed E-state index contributed by atoms with van der Waals surface area (Å²) in [5.41, 5.74) is 2.52. The summed E-state index contributed by atoms with van der Waals surface area (Å²) in [7, 11) is 0. The Kier molecular flexibility index (Phi) is 9.10. The van der Waals surface area contributed by atoms with Crippen LogP contribution in [0.1, 0.15) is 6.92 Å². The van der Waals surface area contributed by atoms with Crippen molar-refractivity contribution in [3.05, 3.63) is 122 Å². The molecule has 3 aromatic carbocycles. The molecule has 0 saturated carbocycles. The summed E-state index contributed by atoms with van der Waals surface area (Å²) < 4.78 is 48.9. The molecule has 0 aliphatic rings. The Morgan fingerprint density at radius 3 is 1.92 bits per heavy atom. The largest absolute Gasteiger partial charge is 0.462 e. The minimum Gasteiger partial charge on any atom is -0.462 e. The number of ether oxygens (including phenoxy) is 4. The summed E-state index contributed by atoms with van der Waals surface area (Å²) in [5, 5.41) is 0. The highest BCUT2D eigenvalue weighted by atomic mass is 19.2. The second-order valence-corrected chi connectivity index (χ2v) is 7.45. The van der Waals surface area contributed by atoms with Gasteiger partial charge >= 0.3 is 11.9 Å². The van der Waals surface area contributed by atoms with Crippen molar-refractivity contribution in [1.82, 2.24) is 0 Å². The van der Waals surface area contributed by atoms with Crippen LogP contribution in [0.5, 0.6) is 11.5 Å². The second kappa shape index (κ2) is 12.6. The van der Waals surface area contributed by atoms with Crippen molar-refractivity contribution in [2.75, 3.05) is 0 Å². The van der Waals surface area contributed by atoms with Gasteiger partial charge in [-0.05, 0) is 47.9 Å². The molecule has 37 heavy (non-hydrogen) atoms. The minimum absolute atomic E-state index is 0.0568. The fraction of sp³-hybridized carbons (Fsp3) is 0.0345. The van der Waals surface area contributed by atoms with Gasteiger partial charge in [-0.25, -0.2) is 14.0 Å². The molecular formula is C29H22F2O6. The molecule has 0 aliphatic heterocycles. The predicted octanol–water partition coefficient (Wildman–Crippen LogP) is 6.85. The number of rotatable bonds is 10. The Morgan fingerprint density at radius 1 is 0.730 bits per heavy atom. The van der Waals surface area contributed by atoms with Gasteiger partial charge in [0.15, 0.2) is 11.6 Å². The Labute approximate surface area is 212 Å². The first-order chi connectivity index (χ1) is 17.8. The molecule has 0 aliphatic carbocycles. The van der Waals surface area contributed by atoms with Gasteiger partial charge < -0.3 is 18.9 Å². The molecule has 188 valence electrons. The first kappa shape index (κ1) is 26.6. The van der Waals surface area contributed by atoms with Crippen molar-refractivity contribution in [3.8, 4) is 33.8 Å². The molecule has 0 N–H and O–H groups in total. The maximum absolute atomic E-state index is 14.7. The molecule has 0 unspecified atom stereocenters. The number of benzene rings is 3. The molecule has 0 fully saturated rings. The van der Waals surface area contributed by atoms with Gasteiger partial charge in [0.25, 0.3) is 0 Å². The molecular weight excluding hydrogens is 482 g/mol. The van der Waals surface area contributed by atoms with Crippen molar-refractivity contribution < 1.29 is 37.3 Å². The van der Waals surface area contributed by atoms with E-state index in [-0.39, 0.29) is 16.9 Å². The molecule has 3 aromatic rings. The summed E-state index contributed by atoms with van der Waals surface area (Å²) in [6.45, 7) is 8.24. The van der Waals surface area contributed by atoms with Crippen molar-refractivity contribution in [3.63, 3.8) is 0 Å². The van der Waals surface area contributed by atoms with E-state index in [0.717, 1.165) is 36.0 Å². The van der Waals surface area contributed by atoms with Gasteiger partial charge in [0.1, 0.15) is 30.8 Å². The lowest BCUT2D eigenvalue weighted by Gasteiger charge is -2.09. The minimum atomic E-state index is -1.18. The van der Waals surface area contributed by atoms with Gasteiger partial charge in [-0.3, -0.25) is 0 Å². The highest BCUT2D eigenvalue weighted by Crippen LogP contribution is 2.32. The molecule has 8 heteroatoms. The standard InChI is InChI=1S/C29H22F2O6/c1-4-26(32)36-17-16-35-25-14-13-24(27(30)28(25)31)22-7-5-20(6-8-22)21-9-11-23(12-10-21)34-15-18-37-29(33)19(2)3/h4-18H,1-2H2,3H3. The SMILES string of the molecule is C=CC(=O)OC=COc1ccc(-c2ccc(-c3ccc(OC=COC(=O)C(=C)C)cc3)cc2)c(F)c1F. The summed E-state index contributed by atoms with van der Waals surface area (Å²) in [6, 6.07) is 16.7. The van der Waals surface area contributed by atoms with Crippen LogP contribution in [0.15, 0.2) is 111 Å². The summed E-state index contributed by atoms with van der Waals surface area (Å²) in [6.07, 6.45) is 5.12. The molecule has 0 saturated heterocycles. The average Bonchev–Trinajstić information content (AvgIpc) is 2.91. The van der Waals surface area contributed by atoms with Gasteiger partial charge in [-0.2, -0.15) is 4.39 Å². The molecule has 0 radical (unpaired) electrons. The highest BCUT2D eigenvalue weighted by Gasteiger charge is 2.15. The van der Waals surface area contributed by atoms with Crippen LogP contribution in [-0.4, -0.2) is 11.9 Å². The topological polar surface area (TPSA) is 71.1 Å². The van der Waals surface area contributed by atoms with E-state index in [9.17, 15) is 18.4 Å². The van der Waals surface area contributed by atoms with E-state index < -0.39 is 23.6 Å². The van der Waals surface area contributed by atoms with Crippen molar-refractivity contribution >= 4 is 11.9 Å². The molecule has 6 nitrogen and oxygen atoms in total. The lowest BCUT2D eigenvalue weighted by molar-refractivity contribution is -0.134. The van der Waals surface area contributed by atoms with Crippen LogP contribution in [0, 0.1) is 11.6 Å². The second-order valence-electron chi connectivity index (χ2n) is 7.45. The van der Waals surface area contributed by atoms with E-state index in [1.165, 1.54) is 25.3 Å². The molecule has 0 spiro atoms. The zero-order chi connectivity index (χ0) is 26.8. The van der Waals surface area contributed by atoms with Gasteiger partial charge in [0.2, 0.25) is 5.82 Å². The maximum atomic E-state index is 14.7. The van der Waals surface area contributed by atoms with Gasteiger partial charge in [0, 0.05) is 17.2 Å². The third-order valence-electron chi connectivity index (χ3n) is 4.82. The van der Waals surface area contributed by atoms with Gasteiger partial charge in [-0.1, -0.05) is 49.6 Å². The molecule has 0 aromatic heterocycles. The zero-order valence-corrected chi connectivity index (χ0v) is 19.8. The van der Waals surface area contributed by atoms with E-state index >= 15 is 0 Å². The Balaban J connectivity index is 1.65. The summed E-state index contributed by atoms with van der Waals surface area (Å²) >= 11 is 0. The van der Waals surface area contributed by atoms with E-state index in [1.807, 2.05) is 12.1 Å². The van der Waals surface area contributed by atoms with Crippen molar-refractivity contribution in [2.45, 2.75) is 6.92 Å². The fourth-order valence-electron chi connectivity index (χ4n) is 2.95. The molecule has 0 heterocycles. The van der Waals surface area contributed by atoms with Crippen LogP contribution in [0.2, 0.25) is 0 Å². The third-order valence-corrected chi connectivity index (χ3v) is 4.82. The normalized spacial score (nSPS) is 10.8. The van der Waals surface area contributed by atoms with Gasteiger partial charge in [0.05, 0.1) is 0 Å². The molecule has 3 rings (SSSR count). The lowest BCUT2D eigenvalue weighted by atomic mass is 9.99. The van der Waals surface area contributed by atoms with Crippen LogP contribution in [0.25, 0.3) is 22.3 Å². The van der Waals surface area contributed by atoms with E-state index in [1.54, 1.807) is 36.4 Å². The predicted molar refractivity (Wildman–Crippen MR) is 134 cm³/mol. The smallest absolute Gasteiger partial charge is 0.338 e. The van der Waals surface area contributed by atoms with Crippen LogP contribution in [0.3, 0.4) is 0 Å². The maximum Gasteiger partial charge on any atom is 0.338 e. The van der Waals surface area contributed by atoms with E-state index in [4.69, 9.17) is 14.2 Å². The Morgan fingerprint density at radius 2 is 1.30 bits per heavy atom. The fourth-order valence-corrected chi connectivity index (χ4v) is 2.95. The summed E-state index contributed by atoms with van der Waals surface area (Å²) in [5.74, 6) is -3.37. The lowest BCUT2D eigenvalue weighted by Crippen LogP contribution is -1.99. The Hall–Kier alpha value is -4.98. The first-order valence-electron chi connectivity index (χ1n) is 10.8.